The molecule has 4 nitrogen and oxygen atoms in total. The van der Waals surface area contributed by atoms with Crippen molar-refractivity contribution in [3.05, 3.63) is 0 Å². The fourth-order valence-corrected chi connectivity index (χ4v) is 4.69. The number of carboxylic acids is 1. The third-order valence-corrected chi connectivity index (χ3v) is 5.62. The normalized spacial score (nSPS) is 42.7. The highest BCUT2D eigenvalue weighted by Crippen LogP contribution is 2.41. The Morgan fingerprint density at radius 1 is 1.32 bits per heavy atom. The zero-order valence-corrected chi connectivity index (χ0v) is 12.0. The summed E-state index contributed by atoms with van der Waals surface area (Å²) in [5.41, 5.74) is -0.558. The van der Waals surface area contributed by atoms with Crippen LogP contribution in [0.25, 0.3) is 0 Å². The number of hydrogen-bond acceptors (Lipinski definition) is 3. The Kier molecular flexibility index (Phi) is 3.56. The second-order valence-electron chi connectivity index (χ2n) is 6.59. The minimum atomic E-state index is -0.580. The first-order valence-electron chi connectivity index (χ1n) is 7.90. The van der Waals surface area contributed by atoms with Gasteiger partial charge in [0, 0.05) is 12.6 Å². The summed E-state index contributed by atoms with van der Waals surface area (Å²) in [7, 11) is 0. The molecule has 1 N–H and O–H groups in total. The Morgan fingerprint density at radius 2 is 2.05 bits per heavy atom. The van der Waals surface area contributed by atoms with Gasteiger partial charge < -0.3 is 10.0 Å². The number of carboxylic acid groups (broad SMARTS) is 1. The summed E-state index contributed by atoms with van der Waals surface area (Å²) in [5, 5.41) is 9.81. The predicted molar refractivity (Wildman–Crippen MR) is 74.2 cm³/mol. The molecule has 2 atom stereocenters. The maximum absolute atomic E-state index is 11.9. The van der Waals surface area contributed by atoms with Gasteiger partial charge in [-0.1, -0.05) is 13.3 Å². The Bertz CT molecular complexity index is 352. The summed E-state index contributed by atoms with van der Waals surface area (Å²) in [5.74, 6) is 0.155. The second-order valence-corrected chi connectivity index (χ2v) is 6.59. The molecule has 2 unspecified atom stereocenters. The monoisotopic (exact) mass is 266 g/mol. The van der Waals surface area contributed by atoms with Gasteiger partial charge >= 0.3 is 5.97 Å². The lowest BCUT2D eigenvalue weighted by atomic mass is 9.80. The van der Waals surface area contributed by atoms with Gasteiger partial charge in [0.2, 0.25) is 0 Å². The number of rotatable bonds is 4. The van der Waals surface area contributed by atoms with Gasteiger partial charge in [0.15, 0.2) is 0 Å². The van der Waals surface area contributed by atoms with Crippen molar-refractivity contribution in [2.45, 2.75) is 57.0 Å². The van der Waals surface area contributed by atoms with Crippen LogP contribution < -0.4 is 0 Å². The maximum atomic E-state index is 11.9. The Balaban J connectivity index is 1.84. The van der Waals surface area contributed by atoms with Gasteiger partial charge in [-0.3, -0.25) is 9.69 Å². The quantitative estimate of drug-likeness (QED) is 0.842. The van der Waals surface area contributed by atoms with Crippen LogP contribution in [0.3, 0.4) is 0 Å². The van der Waals surface area contributed by atoms with E-state index in [0.29, 0.717) is 6.04 Å². The third kappa shape index (κ3) is 2.09. The van der Waals surface area contributed by atoms with Crippen molar-refractivity contribution >= 4 is 5.97 Å². The maximum Gasteiger partial charge on any atom is 0.324 e. The van der Waals surface area contributed by atoms with E-state index in [0.717, 1.165) is 44.7 Å². The van der Waals surface area contributed by atoms with E-state index in [4.69, 9.17) is 0 Å². The lowest BCUT2D eigenvalue weighted by Crippen LogP contribution is -2.63. The highest BCUT2D eigenvalue weighted by Gasteiger charge is 2.52. The zero-order valence-electron chi connectivity index (χ0n) is 12.0. The van der Waals surface area contributed by atoms with Gasteiger partial charge in [-0.15, -0.1) is 0 Å². The number of piperidine rings is 3. The summed E-state index contributed by atoms with van der Waals surface area (Å²) in [4.78, 5) is 16.8. The van der Waals surface area contributed by atoms with Crippen LogP contribution in [-0.4, -0.2) is 58.6 Å². The number of aliphatic carboxylic acids is 1. The molecule has 4 aliphatic heterocycles. The minimum Gasteiger partial charge on any atom is -0.480 e. The first-order valence-corrected chi connectivity index (χ1v) is 7.90. The predicted octanol–water partition coefficient (Wildman–Crippen LogP) is 1.80. The number of nitrogens with zero attached hydrogens (tertiary/aromatic N) is 2. The Labute approximate surface area is 115 Å². The molecule has 4 aliphatic rings. The summed E-state index contributed by atoms with van der Waals surface area (Å²) >= 11 is 0. The molecule has 0 aromatic rings. The molecule has 2 bridgehead atoms. The van der Waals surface area contributed by atoms with Gasteiger partial charge in [0.25, 0.3) is 0 Å². The molecule has 4 heterocycles. The van der Waals surface area contributed by atoms with Gasteiger partial charge in [0.1, 0.15) is 5.54 Å². The molecule has 4 fully saturated rings. The highest BCUT2D eigenvalue weighted by atomic mass is 16.4. The third-order valence-electron chi connectivity index (χ3n) is 5.62. The molecule has 0 amide bonds. The molecule has 4 heteroatoms. The smallest absolute Gasteiger partial charge is 0.324 e. The summed E-state index contributed by atoms with van der Waals surface area (Å²) in [6, 6.07) is 0.493. The van der Waals surface area contributed by atoms with Crippen LogP contribution in [0.4, 0.5) is 0 Å². The lowest BCUT2D eigenvalue weighted by molar-refractivity contribution is -0.154. The SMILES string of the molecule is CCCC1(C(=O)O)CCCN1C1CN2CCC1CC2. The van der Waals surface area contributed by atoms with Crippen LogP contribution in [0.5, 0.6) is 0 Å². The van der Waals surface area contributed by atoms with E-state index in [2.05, 4.69) is 16.7 Å². The molecule has 4 rings (SSSR count). The van der Waals surface area contributed by atoms with Crippen LogP contribution in [0, 0.1) is 5.92 Å². The molecule has 19 heavy (non-hydrogen) atoms. The first-order chi connectivity index (χ1) is 9.17. The molecule has 108 valence electrons. The molecule has 0 aliphatic carbocycles. The van der Waals surface area contributed by atoms with Crippen LogP contribution in [0.2, 0.25) is 0 Å². The van der Waals surface area contributed by atoms with Crippen molar-refractivity contribution < 1.29 is 9.90 Å². The molecular formula is C15H26N2O2. The Morgan fingerprint density at radius 3 is 2.58 bits per heavy atom. The number of hydrogen-bond donors (Lipinski definition) is 1. The summed E-state index contributed by atoms with van der Waals surface area (Å²) < 4.78 is 0. The van der Waals surface area contributed by atoms with E-state index in [1.165, 1.54) is 25.9 Å². The standard InChI is InChI=1S/C15H26N2O2/c1-2-6-15(14(18)19)7-3-8-17(15)13-11-16-9-4-12(13)5-10-16/h12-13H,2-11H2,1H3,(H,18,19). The van der Waals surface area contributed by atoms with Crippen molar-refractivity contribution in [1.82, 2.24) is 9.80 Å². The first kappa shape index (κ1) is 13.4. The largest absolute Gasteiger partial charge is 0.480 e. The number of carbonyl (C=O) groups is 1. The van der Waals surface area contributed by atoms with Crippen molar-refractivity contribution in [3.8, 4) is 0 Å². The summed E-state index contributed by atoms with van der Waals surface area (Å²) in [6.45, 7) is 6.65. The molecular weight excluding hydrogens is 240 g/mol. The van der Waals surface area contributed by atoms with Crippen LogP contribution in [0.1, 0.15) is 45.4 Å². The molecule has 4 saturated heterocycles. The summed E-state index contributed by atoms with van der Waals surface area (Å²) in [6.07, 6.45) is 6.20. The number of likely N-dealkylation sites (tertiary alicyclic amines) is 1. The van der Waals surface area contributed by atoms with E-state index in [1.807, 2.05) is 0 Å². The second kappa shape index (κ2) is 5.06. The van der Waals surface area contributed by atoms with Crippen LogP contribution in [-0.2, 0) is 4.79 Å². The molecule has 0 spiro atoms. The van der Waals surface area contributed by atoms with Gasteiger partial charge in [-0.05, 0) is 57.7 Å². The average molecular weight is 266 g/mol. The lowest BCUT2D eigenvalue weighted by Gasteiger charge is -2.51. The fourth-order valence-electron chi connectivity index (χ4n) is 4.69. The van der Waals surface area contributed by atoms with Crippen molar-refractivity contribution in [2.75, 3.05) is 26.2 Å². The zero-order chi connectivity index (χ0) is 13.5. The van der Waals surface area contributed by atoms with Crippen molar-refractivity contribution in [1.29, 1.82) is 0 Å². The highest BCUT2D eigenvalue weighted by molar-refractivity contribution is 5.79. The minimum absolute atomic E-state index is 0.493. The molecule has 0 saturated carbocycles. The van der Waals surface area contributed by atoms with Crippen molar-refractivity contribution in [2.24, 2.45) is 5.92 Å². The van der Waals surface area contributed by atoms with E-state index >= 15 is 0 Å². The van der Waals surface area contributed by atoms with E-state index < -0.39 is 11.5 Å². The topological polar surface area (TPSA) is 43.8 Å². The van der Waals surface area contributed by atoms with Crippen LogP contribution >= 0.6 is 0 Å². The van der Waals surface area contributed by atoms with Gasteiger partial charge in [-0.25, -0.2) is 0 Å². The van der Waals surface area contributed by atoms with E-state index in [-0.39, 0.29) is 0 Å². The van der Waals surface area contributed by atoms with E-state index in [1.54, 1.807) is 0 Å². The van der Waals surface area contributed by atoms with E-state index in [9.17, 15) is 9.90 Å². The number of fused-ring (bicyclic) bond motifs is 3. The van der Waals surface area contributed by atoms with Crippen molar-refractivity contribution in [3.63, 3.8) is 0 Å². The Hall–Kier alpha value is -0.610. The molecule has 0 aromatic carbocycles. The molecule has 0 radical (unpaired) electrons. The van der Waals surface area contributed by atoms with Gasteiger partial charge in [-0.2, -0.15) is 0 Å². The van der Waals surface area contributed by atoms with Gasteiger partial charge in [0.05, 0.1) is 0 Å². The molecule has 0 aromatic heterocycles. The average Bonchev–Trinajstić information content (AvgIpc) is 2.85. The fraction of sp³-hybridized carbons (Fsp3) is 0.933. The van der Waals surface area contributed by atoms with Crippen LogP contribution in [0.15, 0.2) is 0 Å².